The molecule has 8 heteroatoms. The largest absolute Gasteiger partial charge is 0.367 e. The van der Waals surface area contributed by atoms with E-state index >= 15 is 0 Å². The van der Waals surface area contributed by atoms with Crippen LogP contribution in [0.5, 0.6) is 0 Å². The Labute approximate surface area is 163 Å². The summed E-state index contributed by atoms with van der Waals surface area (Å²) < 4.78 is 23.4. The molecule has 1 heterocycles. The highest BCUT2D eigenvalue weighted by Crippen LogP contribution is 2.26. The second-order valence-corrected chi connectivity index (χ2v) is 8.80. The number of nitriles is 1. The lowest BCUT2D eigenvalue weighted by atomic mass is 10.1. The van der Waals surface area contributed by atoms with Gasteiger partial charge in [0.15, 0.2) is 9.84 Å². The van der Waals surface area contributed by atoms with Crippen LogP contribution in [0.4, 0.5) is 5.69 Å². The monoisotopic (exact) mass is 403 g/mol. The van der Waals surface area contributed by atoms with Crippen LogP contribution < -0.4 is 4.90 Å². The van der Waals surface area contributed by atoms with E-state index in [0.717, 1.165) is 11.9 Å². The van der Waals surface area contributed by atoms with Gasteiger partial charge >= 0.3 is 0 Å². The van der Waals surface area contributed by atoms with Crippen LogP contribution in [0.25, 0.3) is 0 Å². The van der Waals surface area contributed by atoms with E-state index in [0.29, 0.717) is 42.3 Å². The summed E-state index contributed by atoms with van der Waals surface area (Å²) in [6, 6.07) is 13.4. The minimum absolute atomic E-state index is 0.129. The van der Waals surface area contributed by atoms with Crippen molar-refractivity contribution >= 4 is 33.0 Å². The number of halogens is 1. The van der Waals surface area contributed by atoms with Crippen molar-refractivity contribution in [2.24, 2.45) is 0 Å². The van der Waals surface area contributed by atoms with Crippen molar-refractivity contribution in [3.8, 4) is 6.07 Å². The van der Waals surface area contributed by atoms with Gasteiger partial charge in [0.25, 0.3) is 5.91 Å². The number of benzene rings is 2. The minimum Gasteiger partial charge on any atom is -0.367 e. The first-order valence-corrected chi connectivity index (χ1v) is 10.6. The number of rotatable bonds is 3. The number of nitrogens with zero attached hydrogens (tertiary/aromatic N) is 3. The molecule has 6 nitrogen and oxygen atoms in total. The summed E-state index contributed by atoms with van der Waals surface area (Å²) >= 11 is 6.05. The molecule has 0 unspecified atom stereocenters. The van der Waals surface area contributed by atoms with Crippen molar-refractivity contribution in [3.05, 3.63) is 58.6 Å². The molecule has 0 N–H and O–H groups in total. The number of anilines is 1. The standard InChI is InChI=1S/C19H18ClN3O3S/c1-27(25,26)17-4-2-3-14(11-17)19(24)23-9-7-22(8-10-23)18-12-16(20)6-5-15(18)13-21/h2-6,11-12H,7-10H2,1H3. The van der Waals surface area contributed by atoms with Gasteiger partial charge in [-0.05, 0) is 36.4 Å². The predicted octanol–water partition coefficient (Wildman–Crippen LogP) is 2.58. The zero-order valence-electron chi connectivity index (χ0n) is 14.7. The molecule has 0 radical (unpaired) electrons. The summed E-state index contributed by atoms with van der Waals surface area (Å²) in [4.78, 5) is 16.6. The van der Waals surface area contributed by atoms with Gasteiger partial charge in [-0.1, -0.05) is 17.7 Å². The molecule has 140 valence electrons. The third-order valence-corrected chi connectivity index (χ3v) is 5.84. The molecule has 3 rings (SSSR count). The van der Waals surface area contributed by atoms with Crippen molar-refractivity contribution in [2.75, 3.05) is 37.3 Å². The Hall–Kier alpha value is -2.56. The first-order chi connectivity index (χ1) is 12.8. The van der Waals surface area contributed by atoms with Crippen molar-refractivity contribution < 1.29 is 13.2 Å². The lowest BCUT2D eigenvalue weighted by Gasteiger charge is -2.36. The van der Waals surface area contributed by atoms with Gasteiger partial charge in [-0.2, -0.15) is 5.26 Å². The SMILES string of the molecule is CS(=O)(=O)c1cccc(C(=O)N2CCN(c3cc(Cl)ccc3C#N)CC2)c1. The van der Waals surface area contributed by atoms with E-state index in [-0.39, 0.29) is 10.8 Å². The van der Waals surface area contributed by atoms with E-state index in [1.165, 1.54) is 12.1 Å². The molecule has 0 saturated carbocycles. The zero-order valence-corrected chi connectivity index (χ0v) is 16.3. The molecule has 0 aliphatic carbocycles. The molecule has 0 aromatic heterocycles. The highest BCUT2D eigenvalue weighted by Gasteiger charge is 2.24. The van der Waals surface area contributed by atoms with Crippen LogP contribution in [0.15, 0.2) is 47.4 Å². The van der Waals surface area contributed by atoms with Gasteiger partial charge in [0.2, 0.25) is 0 Å². The number of carbonyl (C=O) groups is 1. The van der Waals surface area contributed by atoms with Gasteiger partial charge in [-0.15, -0.1) is 0 Å². The Morgan fingerprint density at radius 2 is 1.81 bits per heavy atom. The maximum Gasteiger partial charge on any atom is 0.254 e. The predicted molar refractivity (Wildman–Crippen MR) is 104 cm³/mol. The van der Waals surface area contributed by atoms with Crippen LogP contribution in [-0.2, 0) is 9.84 Å². The number of amides is 1. The Morgan fingerprint density at radius 3 is 2.44 bits per heavy atom. The fourth-order valence-electron chi connectivity index (χ4n) is 3.05. The first-order valence-electron chi connectivity index (χ1n) is 8.33. The van der Waals surface area contributed by atoms with Gasteiger partial charge in [-0.3, -0.25) is 4.79 Å². The summed E-state index contributed by atoms with van der Waals surface area (Å²) in [6.45, 7) is 2.07. The third kappa shape index (κ3) is 4.24. The van der Waals surface area contributed by atoms with Crippen molar-refractivity contribution in [1.82, 2.24) is 4.90 Å². The van der Waals surface area contributed by atoms with Gasteiger partial charge in [0.05, 0.1) is 16.1 Å². The normalized spacial score (nSPS) is 14.7. The van der Waals surface area contributed by atoms with Crippen LogP contribution in [0.1, 0.15) is 15.9 Å². The molecule has 1 aliphatic rings. The molecule has 2 aromatic carbocycles. The molecule has 2 aromatic rings. The molecule has 1 amide bonds. The minimum atomic E-state index is -3.37. The van der Waals surface area contributed by atoms with E-state index in [4.69, 9.17) is 11.6 Å². The summed E-state index contributed by atoms with van der Waals surface area (Å²) in [7, 11) is -3.37. The van der Waals surface area contributed by atoms with E-state index in [9.17, 15) is 18.5 Å². The smallest absolute Gasteiger partial charge is 0.254 e. The van der Waals surface area contributed by atoms with Crippen LogP contribution in [0, 0.1) is 11.3 Å². The van der Waals surface area contributed by atoms with Crippen LogP contribution >= 0.6 is 11.6 Å². The van der Waals surface area contributed by atoms with Crippen molar-refractivity contribution in [1.29, 1.82) is 5.26 Å². The molecule has 1 aliphatic heterocycles. The second kappa shape index (κ2) is 7.59. The lowest BCUT2D eigenvalue weighted by Crippen LogP contribution is -2.49. The van der Waals surface area contributed by atoms with Crippen molar-refractivity contribution in [3.63, 3.8) is 0 Å². The summed E-state index contributed by atoms with van der Waals surface area (Å²) in [6.07, 6.45) is 1.12. The fraction of sp³-hybridized carbons (Fsp3) is 0.263. The fourth-order valence-corrected chi connectivity index (χ4v) is 3.89. The molecule has 0 atom stereocenters. The van der Waals surface area contributed by atoms with Gasteiger partial charge in [0, 0.05) is 43.0 Å². The average molecular weight is 404 g/mol. The summed E-state index contributed by atoms with van der Waals surface area (Å²) in [5.41, 5.74) is 1.66. The Balaban J connectivity index is 1.74. The number of carbonyl (C=O) groups excluding carboxylic acids is 1. The highest BCUT2D eigenvalue weighted by molar-refractivity contribution is 7.90. The van der Waals surface area contributed by atoms with E-state index < -0.39 is 9.84 Å². The highest BCUT2D eigenvalue weighted by atomic mass is 35.5. The van der Waals surface area contributed by atoms with Crippen LogP contribution in [-0.4, -0.2) is 51.7 Å². The maximum atomic E-state index is 12.7. The van der Waals surface area contributed by atoms with Crippen LogP contribution in [0.3, 0.4) is 0 Å². The second-order valence-electron chi connectivity index (χ2n) is 6.35. The Bertz CT molecular complexity index is 1020. The van der Waals surface area contributed by atoms with E-state index in [1.807, 2.05) is 4.90 Å². The maximum absolute atomic E-state index is 12.7. The first kappa shape index (κ1) is 19.2. The molecule has 1 saturated heterocycles. The number of hydrogen-bond acceptors (Lipinski definition) is 5. The van der Waals surface area contributed by atoms with Crippen molar-refractivity contribution in [2.45, 2.75) is 4.90 Å². The number of hydrogen-bond donors (Lipinski definition) is 0. The van der Waals surface area contributed by atoms with Gasteiger partial charge < -0.3 is 9.80 Å². The Morgan fingerprint density at radius 1 is 1.11 bits per heavy atom. The molecule has 0 spiro atoms. The molecule has 0 bridgehead atoms. The summed E-state index contributed by atoms with van der Waals surface area (Å²) in [5, 5.41) is 9.84. The molecular weight excluding hydrogens is 386 g/mol. The molecule has 27 heavy (non-hydrogen) atoms. The van der Waals surface area contributed by atoms with E-state index in [1.54, 1.807) is 35.2 Å². The zero-order chi connectivity index (χ0) is 19.6. The van der Waals surface area contributed by atoms with E-state index in [2.05, 4.69) is 6.07 Å². The molecular formula is C19H18ClN3O3S. The summed E-state index contributed by atoms with van der Waals surface area (Å²) in [5.74, 6) is -0.202. The number of sulfone groups is 1. The topological polar surface area (TPSA) is 81.5 Å². The number of piperazine rings is 1. The van der Waals surface area contributed by atoms with Crippen LogP contribution in [0.2, 0.25) is 5.02 Å². The Kier molecular flexibility index (Phi) is 5.40. The molecule has 1 fully saturated rings. The third-order valence-electron chi connectivity index (χ3n) is 4.50. The van der Waals surface area contributed by atoms with Gasteiger partial charge in [0.1, 0.15) is 6.07 Å². The quantitative estimate of drug-likeness (QED) is 0.786. The lowest BCUT2D eigenvalue weighted by molar-refractivity contribution is 0.0746. The van der Waals surface area contributed by atoms with Gasteiger partial charge in [-0.25, -0.2) is 8.42 Å². The average Bonchev–Trinajstić information content (AvgIpc) is 2.67.